The smallest absolute Gasteiger partial charge is 0.308 e. The van der Waals surface area contributed by atoms with Crippen LogP contribution in [0.2, 0.25) is 5.02 Å². The quantitative estimate of drug-likeness (QED) is 0.764. The van der Waals surface area contributed by atoms with E-state index in [9.17, 15) is 14.7 Å². The maximum absolute atomic E-state index is 12.5. The third-order valence-electron chi connectivity index (χ3n) is 4.46. The Morgan fingerprint density at radius 1 is 1.33 bits per heavy atom. The number of rotatable bonds is 7. The molecule has 0 saturated carbocycles. The van der Waals surface area contributed by atoms with E-state index in [1.54, 1.807) is 24.0 Å². The van der Waals surface area contributed by atoms with E-state index in [4.69, 9.17) is 16.3 Å². The third-order valence-corrected chi connectivity index (χ3v) is 4.71. The van der Waals surface area contributed by atoms with Crippen LogP contribution in [0.1, 0.15) is 38.2 Å². The van der Waals surface area contributed by atoms with Gasteiger partial charge in [0, 0.05) is 30.6 Å². The summed E-state index contributed by atoms with van der Waals surface area (Å²) in [6.07, 6.45) is 1.36. The molecule has 3 atom stereocenters. The largest absolute Gasteiger partial charge is 0.481 e. The van der Waals surface area contributed by atoms with Gasteiger partial charge in [-0.15, -0.1) is 0 Å². The highest BCUT2D eigenvalue weighted by Gasteiger charge is 2.41. The highest BCUT2D eigenvalue weighted by Crippen LogP contribution is 2.34. The van der Waals surface area contributed by atoms with E-state index in [1.165, 1.54) is 0 Å². The molecular weight excluding hydrogens is 330 g/mol. The molecule has 132 valence electrons. The molecule has 0 aliphatic carbocycles. The van der Waals surface area contributed by atoms with Gasteiger partial charge < -0.3 is 14.7 Å². The minimum Gasteiger partial charge on any atom is -0.481 e. The van der Waals surface area contributed by atoms with Crippen LogP contribution in [0, 0.1) is 5.92 Å². The van der Waals surface area contributed by atoms with Crippen molar-refractivity contribution in [3.05, 3.63) is 34.9 Å². The van der Waals surface area contributed by atoms with Gasteiger partial charge in [-0.05, 0) is 31.0 Å². The summed E-state index contributed by atoms with van der Waals surface area (Å²) >= 11 is 5.90. The fraction of sp³-hybridized carbons (Fsp3) is 0.556. The van der Waals surface area contributed by atoms with Crippen molar-refractivity contribution < 1.29 is 19.4 Å². The van der Waals surface area contributed by atoms with Crippen molar-refractivity contribution in [3.63, 3.8) is 0 Å². The molecule has 1 aliphatic rings. The molecule has 1 aliphatic heterocycles. The van der Waals surface area contributed by atoms with Crippen LogP contribution in [0.25, 0.3) is 0 Å². The zero-order valence-corrected chi connectivity index (χ0v) is 14.8. The van der Waals surface area contributed by atoms with Crippen LogP contribution in [0.3, 0.4) is 0 Å². The van der Waals surface area contributed by atoms with Gasteiger partial charge in [-0.3, -0.25) is 9.59 Å². The molecule has 0 radical (unpaired) electrons. The highest BCUT2D eigenvalue weighted by atomic mass is 35.5. The van der Waals surface area contributed by atoms with Crippen molar-refractivity contribution in [2.24, 2.45) is 5.92 Å². The van der Waals surface area contributed by atoms with Crippen LogP contribution in [-0.2, 0) is 14.3 Å². The molecule has 6 heteroatoms. The second-order valence-corrected chi connectivity index (χ2v) is 6.65. The van der Waals surface area contributed by atoms with E-state index in [0.717, 1.165) is 18.4 Å². The molecule has 0 bridgehead atoms. The Labute approximate surface area is 147 Å². The number of amides is 1. The summed E-state index contributed by atoms with van der Waals surface area (Å²) in [5, 5.41) is 10.1. The zero-order chi connectivity index (χ0) is 17.7. The standard InChI is InChI=1S/C18H24ClNO4/c1-3-4-9-24-12(2)17(21)20-10-15(16(11-20)18(22)23)13-5-7-14(19)8-6-13/h5-8,12,15-16H,3-4,9-11H2,1-2H3,(H,22,23)/t12?,15-,16+/m0/s1. The lowest BCUT2D eigenvalue weighted by Crippen LogP contribution is -2.38. The summed E-state index contributed by atoms with van der Waals surface area (Å²) in [4.78, 5) is 25.7. The van der Waals surface area contributed by atoms with Crippen molar-refractivity contribution in [1.82, 2.24) is 4.90 Å². The minimum atomic E-state index is -0.884. The lowest BCUT2D eigenvalue weighted by Gasteiger charge is -2.21. The minimum absolute atomic E-state index is 0.145. The Kier molecular flexibility index (Phi) is 6.63. The van der Waals surface area contributed by atoms with E-state index in [1.807, 2.05) is 12.1 Å². The lowest BCUT2D eigenvalue weighted by atomic mass is 9.89. The number of ether oxygens (including phenoxy) is 1. The van der Waals surface area contributed by atoms with Crippen LogP contribution in [0.5, 0.6) is 0 Å². The maximum Gasteiger partial charge on any atom is 0.308 e. The first-order valence-corrected chi connectivity index (χ1v) is 8.70. The Balaban J connectivity index is 2.07. The van der Waals surface area contributed by atoms with E-state index >= 15 is 0 Å². The number of carbonyl (C=O) groups excluding carboxylic acids is 1. The van der Waals surface area contributed by atoms with Crippen molar-refractivity contribution in [1.29, 1.82) is 0 Å². The molecule has 1 heterocycles. The van der Waals surface area contributed by atoms with Gasteiger partial charge in [0.05, 0.1) is 5.92 Å². The second-order valence-electron chi connectivity index (χ2n) is 6.21. The Morgan fingerprint density at radius 2 is 2.00 bits per heavy atom. The number of hydrogen-bond donors (Lipinski definition) is 1. The topological polar surface area (TPSA) is 66.8 Å². The molecule has 5 nitrogen and oxygen atoms in total. The predicted octanol–water partition coefficient (Wildman–Crippen LogP) is 3.17. The van der Waals surface area contributed by atoms with Gasteiger partial charge in [0.15, 0.2) is 0 Å². The number of hydrogen-bond acceptors (Lipinski definition) is 3. The Morgan fingerprint density at radius 3 is 2.58 bits per heavy atom. The summed E-state index contributed by atoms with van der Waals surface area (Å²) < 4.78 is 5.55. The van der Waals surface area contributed by atoms with Gasteiger partial charge in [-0.2, -0.15) is 0 Å². The van der Waals surface area contributed by atoms with Crippen LogP contribution >= 0.6 is 11.6 Å². The number of carboxylic acids is 1. The molecule has 1 aromatic carbocycles. The SMILES string of the molecule is CCCCOC(C)C(=O)N1C[C@@H](C(=O)O)[C@H](c2ccc(Cl)cc2)C1. The second kappa shape index (κ2) is 8.49. The van der Waals surface area contributed by atoms with E-state index < -0.39 is 18.0 Å². The highest BCUT2D eigenvalue weighted by molar-refractivity contribution is 6.30. The molecule has 24 heavy (non-hydrogen) atoms. The number of halogens is 1. The van der Waals surface area contributed by atoms with Gasteiger partial charge in [-0.25, -0.2) is 0 Å². The van der Waals surface area contributed by atoms with Gasteiger partial charge >= 0.3 is 5.97 Å². The maximum atomic E-state index is 12.5. The molecule has 1 unspecified atom stereocenters. The van der Waals surface area contributed by atoms with Gasteiger partial charge in [0.25, 0.3) is 5.91 Å². The van der Waals surface area contributed by atoms with Crippen LogP contribution in [0.4, 0.5) is 0 Å². The summed E-state index contributed by atoms with van der Waals surface area (Å²) in [5.74, 6) is -1.87. The fourth-order valence-corrected chi connectivity index (χ4v) is 3.14. The van der Waals surface area contributed by atoms with Gasteiger partial charge in [-0.1, -0.05) is 37.1 Å². The molecule has 1 saturated heterocycles. The van der Waals surface area contributed by atoms with Crippen molar-refractivity contribution in [2.75, 3.05) is 19.7 Å². The van der Waals surface area contributed by atoms with E-state index in [2.05, 4.69) is 6.92 Å². The molecule has 1 amide bonds. The summed E-state index contributed by atoms with van der Waals surface area (Å²) in [6.45, 7) is 4.93. The zero-order valence-electron chi connectivity index (χ0n) is 14.1. The normalized spacial score (nSPS) is 21.7. The summed E-state index contributed by atoms with van der Waals surface area (Å²) in [7, 11) is 0. The lowest BCUT2D eigenvalue weighted by molar-refractivity contribution is -0.143. The average Bonchev–Trinajstić information content (AvgIpc) is 3.00. The summed E-state index contributed by atoms with van der Waals surface area (Å²) in [6, 6.07) is 7.16. The number of aliphatic carboxylic acids is 1. The van der Waals surface area contributed by atoms with E-state index in [-0.39, 0.29) is 18.4 Å². The molecule has 0 spiro atoms. The first kappa shape index (κ1) is 18.7. The fourth-order valence-electron chi connectivity index (χ4n) is 3.01. The number of nitrogens with zero attached hydrogens (tertiary/aromatic N) is 1. The van der Waals surface area contributed by atoms with Crippen LogP contribution in [0.15, 0.2) is 24.3 Å². The molecule has 0 aromatic heterocycles. The van der Waals surface area contributed by atoms with Gasteiger partial charge in [0.2, 0.25) is 0 Å². The first-order valence-electron chi connectivity index (χ1n) is 8.32. The number of likely N-dealkylation sites (tertiary alicyclic amines) is 1. The van der Waals surface area contributed by atoms with Crippen LogP contribution < -0.4 is 0 Å². The number of carboxylic acid groups (broad SMARTS) is 1. The number of unbranched alkanes of at least 4 members (excludes halogenated alkanes) is 1. The van der Waals surface area contributed by atoms with Crippen molar-refractivity contribution in [2.45, 2.75) is 38.7 Å². The van der Waals surface area contributed by atoms with Gasteiger partial charge in [0.1, 0.15) is 6.10 Å². The average molecular weight is 354 g/mol. The molecule has 1 fully saturated rings. The Bertz CT molecular complexity index is 575. The molecule has 2 rings (SSSR count). The van der Waals surface area contributed by atoms with E-state index in [0.29, 0.717) is 18.2 Å². The summed E-state index contributed by atoms with van der Waals surface area (Å²) in [5.41, 5.74) is 0.890. The number of benzene rings is 1. The monoisotopic (exact) mass is 353 g/mol. The first-order chi connectivity index (χ1) is 11.4. The van der Waals surface area contributed by atoms with Crippen molar-refractivity contribution in [3.8, 4) is 0 Å². The molecule has 1 N–H and O–H groups in total. The van der Waals surface area contributed by atoms with Crippen LogP contribution in [-0.4, -0.2) is 47.7 Å². The molecule has 1 aromatic rings. The predicted molar refractivity (Wildman–Crippen MR) is 92.2 cm³/mol. The molecular formula is C18H24ClNO4. The third kappa shape index (κ3) is 4.48. The Hall–Kier alpha value is -1.59. The van der Waals surface area contributed by atoms with Crippen molar-refractivity contribution >= 4 is 23.5 Å². The number of carbonyl (C=O) groups is 2.